The third-order valence-electron chi connectivity index (χ3n) is 3.15. The summed E-state index contributed by atoms with van der Waals surface area (Å²) < 4.78 is 33.0. The van der Waals surface area contributed by atoms with Gasteiger partial charge in [-0.05, 0) is 35.9 Å². The second kappa shape index (κ2) is 9.81. The lowest BCUT2D eigenvalue weighted by Gasteiger charge is -2.05. The summed E-state index contributed by atoms with van der Waals surface area (Å²) in [5.74, 6) is -2.17. The number of carbonyl (C=O) groups is 3. The molecule has 1 N–H and O–H groups in total. The quantitative estimate of drug-likeness (QED) is 0.595. The maximum atomic E-state index is 12.0. The molecule has 2 rings (SSSR count). The summed E-state index contributed by atoms with van der Waals surface area (Å²) in [4.78, 5) is 35.0. The van der Waals surface area contributed by atoms with Gasteiger partial charge in [0.25, 0.3) is 11.8 Å². The SMILES string of the molecule is O=C(COC(=O)/C=C/c1ccc(OC(F)F)cc1)NC(=O)c1ccccc1. The number of rotatable bonds is 7. The summed E-state index contributed by atoms with van der Waals surface area (Å²) >= 11 is 0. The van der Waals surface area contributed by atoms with Crippen molar-refractivity contribution in [2.45, 2.75) is 6.61 Å². The Morgan fingerprint density at radius 1 is 1.00 bits per heavy atom. The summed E-state index contributed by atoms with van der Waals surface area (Å²) in [5.41, 5.74) is 0.841. The first-order chi connectivity index (χ1) is 12.9. The summed E-state index contributed by atoms with van der Waals surface area (Å²) in [5, 5.41) is 2.09. The van der Waals surface area contributed by atoms with Crippen molar-refractivity contribution < 1.29 is 32.6 Å². The van der Waals surface area contributed by atoms with Gasteiger partial charge < -0.3 is 9.47 Å². The van der Waals surface area contributed by atoms with Crippen LogP contribution in [0.3, 0.4) is 0 Å². The average molecular weight is 375 g/mol. The van der Waals surface area contributed by atoms with Crippen LogP contribution in [0.15, 0.2) is 60.7 Å². The van der Waals surface area contributed by atoms with Crippen molar-refractivity contribution in [2.75, 3.05) is 6.61 Å². The van der Waals surface area contributed by atoms with Gasteiger partial charge >= 0.3 is 12.6 Å². The van der Waals surface area contributed by atoms with Crippen molar-refractivity contribution in [3.63, 3.8) is 0 Å². The molecule has 0 fully saturated rings. The molecule has 0 aliphatic carbocycles. The predicted octanol–water partition coefficient (Wildman–Crippen LogP) is 2.80. The molecule has 2 amide bonds. The van der Waals surface area contributed by atoms with Gasteiger partial charge in [0.2, 0.25) is 0 Å². The van der Waals surface area contributed by atoms with Crippen LogP contribution in [-0.4, -0.2) is 31.0 Å². The molecule has 0 aliphatic rings. The fourth-order valence-corrected chi connectivity index (χ4v) is 1.93. The molecule has 2 aromatic carbocycles. The number of hydrogen-bond donors (Lipinski definition) is 1. The minimum absolute atomic E-state index is 0.00974. The maximum Gasteiger partial charge on any atom is 0.387 e. The number of benzene rings is 2. The Bertz CT molecular complexity index is 820. The highest BCUT2D eigenvalue weighted by atomic mass is 19.3. The average Bonchev–Trinajstić information content (AvgIpc) is 2.66. The minimum atomic E-state index is -2.92. The molecule has 0 spiro atoms. The third-order valence-corrected chi connectivity index (χ3v) is 3.15. The van der Waals surface area contributed by atoms with E-state index in [0.29, 0.717) is 11.1 Å². The molecule has 0 atom stereocenters. The van der Waals surface area contributed by atoms with E-state index in [1.54, 1.807) is 18.2 Å². The molecule has 27 heavy (non-hydrogen) atoms. The highest BCUT2D eigenvalue weighted by Crippen LogP contribution is 2.15. The molecule has 0 saturated heterocycles. The highest BCUT2D eigenvalue weighted by molar-refractivity contribution is 6.05. The van der Waals surface area contributed by atoms with E-state index in [2.05, 4.69) is 10.1 Å². The number of esters is 1. The zero-order valence-corrected chi connectivity index (χ0v) is 13.9. The molecule has 0 saturated carbocycles. The monoisotopic (exact) mass is 375 g/mol. The molecule has 0 radical (unpaired) electrons. The zero-order chi connectivity index (χ0) is 19.6. The van der Waals surface area contributed by atoms with Crippen LogP contribution in [0.5, 0.6) is 5.75 Å². The lowest BCUT2D eigenvalue weighted by molar-refractivity contribution is -0.143. The van der Waals surface area contributed by atoms with E-state index in [9.17, 15) is 23.2 Å². The van der Waals surface area contributed by atoms with E-state index in [1.807, 2.05) is 0 Å². The molecule has 8 heteroatoms. The minimum Gasteiger partial charge on any atom is -0.452 e. The van der Waals surface area contributed by atoms with Crippen LogP contribution >= 0.6 is 0 Å². The normalized spacial score (nSPS) is 10.6. The van der Waals surface area contributed by atoms with Crippen LogP contribution in [-0.2, 0) is 14.3 Å². The van der Waals surface area contributed by atoms with E-state index in [-0.39, 0.29) is 5.75 Å². The number of halogens is 2. The third kappa shape index (κ3) is 7.07. The molecule has 0 unspecified atom stereocenters. The number of imide groups is 1. The van der Waals surface area contributed by atoms with Gasteiger partial charge in [-0.25, -0.2) is 4.79 Å². The van der Waals surface area contributed by atoms with E-state index in [1.165, 1.54) is 42.5 Å². The number of hydrogen-bond acceptors (Lipinski definition) is 5. The summed E-state index contributed by atoms with van der Waals surface area (Å²) in [6.45, 7) is -3.54. The van der Waals surface area contributed by atoms with Crippen LogP contribution in [0.1, 0.15) is 15.9 Å². The van der Waals surface area contributed by atoms with Gasteiger partial charge in [-0.3, -0.25) is 14.9 Å². The number of carbonyl (C=O) groups excluding carboxylic acids is 3. The second-order valence-electron chi connectivity index (χ2n) is 5.13. The lowest BCUT2D eigenvalue weighted by Crippen LogP contribution is -2.33. The van der Waals surface area contributed by atoms with Crippen molar-refractivity contribution in [1.82, 2.24) is 5.32 Å². The van der Waals surface area contributed by atoms with Crippen LogP contribution in [0.4, 0.5) is 8.78 Å². The highest BCUT2D eigenvalue weighted by Gasteiger charge is 2.11. The fraction of sp³-hybridized carbons (Fsp3) is 0.105. The van der Waals surface area contributed by atoms with Crippen molar-refractivity contribution in [1.29, 1.82) is 0 Å². The second-order valence-corrected chi connectivity index (χ2v) is 5.13. The molecular formula is C19H15F2NO5. The van der Waals surface area contributed by atoms with Crippen LogP contribution in [0.25, 0.3) is 6.08 Å². The predicted molar refractivity (Wildman–Crippen MR) is 92.0 cm³/mol. The molecule has 2 aromatic rings. The molecule has 0 aliphatic heterocycles. The molecule has 0 aromatic heterocycles. The summed E-state index contributed by atoms with van der Waals surface area (Å²) in [6.07, 6.45) is 2.44. The molecule has 6 nitrogen and oxygen atoms in total. The van der Waals surface area contributed by atoms with Crippen molar-refractivity contribution >= 4 is 23.9 Å². The first-order valence-electron chi connectivity index (χ1n) is 7.73. The van der Waals surface area contributed by atoms with Gasteiger partial charge in [0.1, 0.15) is 5.75 Å². The Morgan fingerprint density at radius 3 is 2.30 bits per heavy atom. The molecule has 0 bridgehead atoms. The van der Waals surface area contributed by atoms with Gasteiger partial charge in [0.15, 0.2) is 6.61 Å². The topological polar surface area (TPSA) is 81.7 Å². The van der Waals surface area contributed by atoms with Gasteiger partial charge in [-0.1, -0.05) is 30.3 Å². The van der Waals surface area contributed by atoms with Crippen LogP contribution in [0, 0.1) is 0 Å². The first-order valence-corrected chi connectivity index (χ1v) is 7.73. The molecule has 140 valence electrons. The Hall–Kier alpha value is -3.55. The van der Waals surface area contributed by atoms with Gasteiger partial charge in [0.05, 0.1) is 0 Å². The van der Waals surface area contributed by atoms with E-state index in [0.717, 1.165) is 6.08 Å². The largest absolute Gasteiger partial charge is 0.452 e. The van der Waals surface area contributed by atoms with Crippen LogP contribution < -0.4 is 10.1 Å². The smallest absolute Gasteiger partial charge is 0.387 e. The number of amides is 2. The standard InChI is InChI=1S/C19H15F2NO5/c20-19(21)27-15-9-6-13(7-10-15)8-11-17(24)26-12-16(23)22-18(25)14-4-2-1-3-5-14/h1-11,19H,12H2,(H,22,23,25)/b11-8+. The summed E-state index contributed by atoms with van der Waals surface area (Å²) in [7, 11) is 0. The Labute approximate surface area is 153 Å². The van der Waals surface area contributed by atoms with Crippen molar-refractivity contribution in [3.8, 4) is 5.75 Å². The van der Waals surface area contributed by atoms with Gasteiger partial charge in [-0.2, -0.15) is 8.78 Å². The van der Waals surface area contributed by atoms with E-state index >= 15 is 0 Å². The Morgan fingerprint density at radius 2 is 1.67 bits per heavy atom. The van der Waals surface area contributed by atoms with Crippen molar-refractivity contribution in [3.05, 3.63) is 71.8 Å². The fourth-order valence-electron chi connectivity index (χ4n) is 1.93. The number of ether oxygens (including phenoxy) is 2. The molecular weight excluding hydrogens is 360 g/mol. The van der Waals surface area contributed by atoms with Gasteiger partial charge in [0, 0.05) is 11.6 Å². The van der Waals surface area contributed by atoms with Crippen LogP contribution in [0.2, 0.25) is 0 Å². The van der Waals surface area contributed by atoms with Crippen molar-refractivity contribution in [2.24, 2.45) is 0 Å². The Kier molecular flexibility index (Phi) is 7.18. The summed E-state index contributed by atoms with van der Waals surface area (Å²) in [6, 6.07) is 13.7. The first kappa shape index (κ1) is 19.8. The number of nitrogens with one attached hydrogen (secondary N) is 1. The molecule has 0 heterocycles. The van der Waals surface area contributed by atoms with Gasteiger partial charge in [-0.15, -0.1) is 0 Å². The van der Waals surface area contributed by atoms with E-state index < -0.39 is 31.0 Å². The maximum absolute atomic E-state index is 12.0. The number of alkyl halides is 2. The Balaban J connectivity index is 1.77. The lowest BCUT2D eigenvalue weighted by atomic mass is 10.2. The van der Waals surface area contributed by atoms with E-state index in [4.69, 9.17) is 4.74 Å². The zero-order valence-electron chi connectivity index (χ0n) is 13.9.